The van der Waals surface area contributed by atoms with Gasteiger partial charge < -0.3 is 4.90 Å². The van der Waals surface area contributed by atoms with Crippen molar-refractivity contribution in [3.63, 3.8) is 0 Å². The molecule has 0 spiro atoms. The van der Waals surface area contributed by atoms with Crippen LogP contribution in [0.25, 0.3) is 6.08 Å². The van der Waals surface area contributed by atoms with E-state index in [0.717, 1.165) is 69.8 Å². The second-order valence-electron chi connectivity index (χ2n) is 11.2. The zero-order chi connectivity index (χ0) is 30.1. The van der Waals surface area contributed by atoms with Crippen LogP contribution in [-0.4, -0.2) is 57.3 Å². The van der Waals surface area contributed by atoms with E-state index < -0.39 is 0 Å². The molecule has 0 bridgehead atoms. The summed E-state index contributed by atoms with van der Waals surface area (Å²) in [7, 11) is 0. The molecule has 9 heteroatoms. The summed E-state index contributed by atoms with van der Waals surface area (Å²) in [6, 6.07) is 12.6. The molecule has 0 unspecified atom stereocenters. The molecular formula is C33H43N5O2S2. The summed E-state index contributed by atoms with van der Waals surface area (Å²) in [5, 5.41) is 10.00. The summed E-state index contributed by atoms with van der Waals surface area (Å²) in [6.45, 7) is 11.4. The lowest BCUT2D eigenvalue weighted by atomic mass is 10.0. The van der Waals surface area contributed by atoms with Crippen LogP contribution in [0, 0.1) is 18.3 Å². The average Bonchev–Trinajstić information content (AvgIpc) is 3.26. The molecule has 2 saturated heterocycles. The Labute approximate surface area is 260 Å². The van der Waals surface area contributed by atoms with E-state index in [1.807, 2.05) is 19.1 Å². The van der Waals surface area contributed by atoms with Crippen LogP contribution in [0.2, 0.25) is 0 Å². The Balaban J connectivity index is 1.66. The van der Waals surface area contributed by atoms with E-state index in [-0.39, 0.29) is 17.0 Å². The average molecular weight is 606 g/mol. The highest BCUT2D eigenvalue weighted by atomic mass is 32.2. The van der Waals surface area contributed by atoms with Crippen molar-refractivity contribution in [3.05, 3.63) is 67.8 Å². The molecule has 1 amide bonds. The minimum Gasteiger partial charge on any atom is -0.355 e. The fourth-order valence-electron chi connectivity index (χ4n) is 5.67. The van der Waals surface area contributed by atoms with Crippen LogP contribution < -0.4 is 10.5 Å². The minimum absolute atomic E-state index is 0.0802. The molecule has 2 aliphatic heterocycles. The highest BCUT2D eigenvalue weighted by molar-refractivity contribution is 8.26. The maximum absolute atomic E-state index is 13.6. The lowest BCUT2D eigenvalue weighted by molar-refractivity contribution is -0.122. The Kier molecular flexibility index (Phi) is 11.8. The Morgan fingerprint density at radius 3 is 2.31 bits per heavy atom. The van der Waals surface area contributed by atoms with Gasteiger partial charge in [0.2, 0.25) is 0 Å². The van der Waals surface area contributed by atoms with Gasteiger partial charge in [0.05, 0.1) is 4.91 Å². The number of thioether (sulfide) groups is 1. The van der Waals surface area contributed by atoms with Gasteiger partial charge in [-0.3, -0.25) is 24.0 Å². The number of amides is 1. The zero-order valence-electron chi connectivity index (χ0n) is 25.2. The van der Waals surface area contributed by atoms with Gasteiger partial charge in [-0.25, -0.2) is 0 Å². The summed E-state index contributed by atoms with van der Waals surface area (Å²) >= 11 is 6.95. The Morgan fingerprint density at radius 1 is 0.952 bits per heavy atom. The van der Waals surface area contributed by atoms with Crippen LogP contribution in [0.4, 0.5) is 5.82 Å². The van der Waals surface area contributed by atoms with Crippen LogP contribution in [0.15, 0.2) is 40.0 Å². The molecule has 224 valence electrons. The normalized spacial score (nSPS) is 17.0. The Hall–Kier alpha value is -2.93. The monoisotopic (exact) mass is 605 g/mol. The number of unbranched alkanes of at least 4 members (excludes halogenated alkanes) is 5. The number of pyridine rings is 1. The molecule has 7 nitrogen and oxygen atoms in total. The summed E-state index contributed by atoms with van der Waals surface area (Å²) in [4.78, 5) is 34.1. The number of carbonyl (C=O) groups is 1. The van der Waals surface area contributed by atoms with Crippen molar-refractivity contribution < 1.29 is 4.79 Å². The summed E-state index contributed by atoms with van der Waals surface area (Å²) in [5.74, 6) is 0.734. The molecule has 0 saturated carbocycles. The van der Waals surface area contributed by atoms with E-state index in [0.29, 0.717) is 27.9 Å². The van der Waals surface area contributed by atoms with E-state index in [4.69, 9.17) is 12.2 Å². The molecule has 4 rings (SSSR count). The first-order chi connectivity index (χ1) is 20.4. The van der Waals surface area contributed by atoms with Gasteiger partial charge in [0.25, 0.3) is 11.5 Å². The molecule has 2 aliphatic rings. The van der Waals surface area contributed by atoms with Crippen molar-refractivity contribution >= 4 is 46.1 Å². The second-order valence-corrected chi connectivity index (χ2v) is 12.8. The lowest BCUT2D eigenvalue weighted by Crippen LogP contribution is -2.48. The predicted molar refractivity (Wildman–Crippen MR) is 178 cm³/mol. The largest absolute Gasteiger partial charge is 0.355 e. The quantitative estimate of drug-likeness (QED) is 0.150. The fraction of sp³-hybridized carbons (Fsp3) is 0.515. The van der Waals surface area contributed by atoms with Gasteiger partial charge in [0.15, 0.2) is 0 Å². The molecule has 0 radical (unpaired) electrons. The molecule has 2 aromatic rings. The van der Waals surface area contributed by atoms with E-state index in [9.17, 15) is 14.9 Å². The summed E-state index contributed by atoms with van der Waals surface area (Å²) in [6.07, 6.45) is 9.20. The van der Waals surface area contributed by atoms with E-state index >= 15 is 0 Å². The van der Waals surface area contributed by atoms with E-state index in [1.54, 1.807) is 9.47 Å². The number of hydrogen-bond acceptors (Lipinski definition) is 7. The molecule has 3 heterocycles. The van der Waals surface area contributed by atoms with Gasteiger partial charge in [0.1, 0.15) is 21.8 Å². The van der Waals surface area contributed by atoms with Gasteiger partial charge in [-0.05, 0) is 37.0 Å². The molecule has 2 fully saturated rings. The van der Waals surface area contributed by atoms with Gasteiger partial charge in [-0.1, -0.05) is 100 Å². The number of aromatic nitrogens is 1. The van der Waals surface area contributed by atoms with E-state index in [1.165, 1.54) is 36.6 Å². The third-order valence-corrected chi connectivity index (χ3v) is 9.51. The van der Waals surface area contributed by atoms with E-state index in [2.05, 4.69) is 54.0 Å². The Morgan fingerprint density at radius 2 is 1.64 bits per heavy atom. The van der Waals surface area contributed by atoms with Crippen LogP contribution in [0.3, 0.4) is 0 Å². The smallest absolute Gasteiger partial charge is 0.270 e. The molecule has 0 aliphatic carbocycles. The first kappa shape index (κ1) is 32.0. The number of thiocarbonyl (C=S) groups is 1. The predicted octanol–water partition coefficient (Wildman–Crippen LogP) is 6.32. The SMILES string of the molecule is CCCCCCCN1C(=O)C(=Cc2c(C)c(C#N)c(=O)n(CCCC)c2N2CCN(Cc3ccccc3)CC2)SC1=S. The molecule has 0 atom stereocenters. The van der Waals surface area contributed by atoms with Crippen molar-refractivity contribution in [3.8, 4) is 6.07 Å². The molecule has 42 heavy (non-hydrogen) atoms. The standard InChI is InChI=1S/C33H43N5O2S2/c1-4-6-8-9-13-17-38-32(40)29(42-33(38)41)22-27-25(3)28(23-34)31(39)37(16-7-5-2)30(27)36-20-18-35(19-21-36)24-26-14-11-10-12-15-26/h10-12,14-15,22H,4-9,13,16-21,24H2,1-3H3. The van der Waals surface area contributed by atoms with Crippen molar-refractivity contribution in [1.82, 2.24) is 14.4 Å². The maximum atomic E-state index is 13.6. The van der Waals surface area contributed by atoms with Gasteiger partial charge in [-0.15, -0.1) is 0 Å². The number of nitriles is 1. The first-order valence-corrected chi connectivity index (χ1v) is 16.6. The number of hydrogen-bond donors (Lipinski definition) is 0. The first-order valence-electron chi connectivity index (χ1n) is 15.3. The topological polar surface area (TPSA) is 72.6 Å². The van der Waals surface area contributed by atoms with Gasteiger partial charge in [0, 0.05) is 51.4 Å². The van der Waals surface area contributed by atoms with Crippen LogP contribution in [0.5, 0.6) is 0 Å². The van der Waals surface area contributed by atoms with Crippen molar-refractivity contribution in [2.24, 2.45) is 0 Å². The second kappa shape index (κ2) is 15.5. The van der Waals surface area contributed by atoms with Gasteiger partial charge in [-0.2, -0.15) is 5.26 Å². The number of nitrogens with zero attached hydrogens (tertiary/aromatic N) is 5. The maximum Gasteiger partial charge on any atom is 0.270 e. The summed E-state index contributed by atoms with van der Waals surface area (Å²) in [5.41, 5.74) is 2.59. The van der Waals surface area contributed by atoms with Crippen LogP contribution >= 0.6 is 24.0 Å². The lowest BCUT2D eigenvalue weighted by Gasteiger charge is -2.38. The van der Waals surface area contributed by atoms with Crippen molar-refractivity contribution in [2.75, 3.05) is 37.6 Å². The fourth-order valence-corrected chi connectivity index (χ4v) is 6.96. The minimum atomic E-state index is -0.248. The number of anilines is 1. The molecule has 0 N–H and O–H groups in total. The third kappa shape index (κ3) is 7.52. The third-order valence-electron chi connectivity index (χ3n) is 8.14. The van der Waals surface area contributed by atoms with Crippen LogP contribution in [-0.2, 0) is 17.9 Å². The summed E-state index contributed by atoms with van der Waals surface area (Å²) < 4.78 is 2.36. The number of carbonyl (C=O) groups excluding carboxylic acids is 1. The van der Waals surface area contributed by atoms with Crippen molar-refractivity contribution in [1.29, 1.82) is 5.26 Å². The zero-order valence-corrected chi connectivity index (χ0v) is 26.9. The number of benzene rings is 1. The Bertz CT molecular complexity index is 1390. The molecule has 1 aromatic carbocycles. The highest BCUT2D eigenvalue weighted by Crippen LogP contribution is 2.36. The van der Waals surface area contributed by atoms with Gasteiger partial charge >= 0.3 is 0 Å². The van der Waals surface area contributed by atoms with Crippen LogP contribution in [0.1, 0.15) is 81.0 Å². The molecular weight excluding hydrogens is 563 g/mol. The highest BCUT2D eigenvalue weighted by Gasteiger charge is 2.33. The number of rotatable bonds is 13. The van der Waals surface area contributed by atoms with Crippen molar-refractivity contribution in [2.45, 2.75) is 78.8 Å². The molecule has 1 aromatic heterocycles. The number of piperazine rings is 1.